The van der Waals surface area contributed by atoms with E-state index in [1.165, 1.54) is 89.9 Å². The van der Waals surface area contributed by atoms with E-state index in [2.05, 4.69) is 27.7 Å². The summed E-state index contributed by atoms with van der Waals surface area (Å²) in [7, 11) is 0. The van der Waals surface area contributed by atoms with E-state index < -0.39 is 0 Å². The summed E-state index contributed by atoms with van der Waals surface area (Å²) in [5.74, 6) is -0.229. The molecule has 0 aromatic carbocycles. The summed E-state index contributed by atoms with van der Waals surface area (Å²) < 4.78 is 11.2. The first-order valence-electron chi connectivity index (χ1n) is 15.3. The monoisotopic (exact) mass is 496 g/mol. The van der Waals surface area contributed by atoms with Gasteiger partial charge in [0.2, 0.25) is 0 Å². The summed E-state index contributed by atoms with van der Waals surface area (Å²) in [4.78, 5) is 24.4. The Hall–Kier alpha value is -1.06. The van der Waals surface area contributed by atoms with E-state index in [1.807, 2.05) is 0 Å². The summed E-state index contributed by atoms with van der Waals surface area (Å²) in [5, 5.41) is 0. The molecule has 4 nitrogen and oxygen atoms in total. The van der Waals surface area contributed by atoms with Crippen LogP contribution in [-0.4, -0.2) is 25.2 Å². The molecule has 0 atom stereocenters. The predicted octanol–water partition coefficient (Wildman–Crippen LogP) is 9.72. The van der Waals surface area contributed by atoms with Crippen LogP contribution in [0.4, 0.5) is 0 Å². The van der Waals surface area contributed by atoms with E-state index in [-0.39, 0.29) is 17.4 Å². The number of esters is 2. The first-order valence-corrected chi connectivity index (χ1v) is 15.3. The Labute approximate surface area is 218 Å². The van der Waals surface area contributed by atoms with Gasteiger partial charge in [0.25, 0.3) is 0 Å². The number of carbonyl (C=O) groups excluding carboxylic acids is 2. The number of ether oxygens (including phenoxy) is 2. The maximum atomic E-state index is 12.2. The number of rotatable bonds is 26. The zero-order chi connectivity index (χ0) is 26.0. The van der Waals surface area contributed by atoms with Crippen molar-refractivity contribution in [3.05, 3.63) is 0 Å². The molecule has 0 aromatic rings. The third-order valence-corrected chi connectivity index (χ3v) is 6.99. The summed E-state index contributed by atoms with van der Waals surface area (Å²) in [6.07, 6.45) is 25.2. The summed E-state index contributed by atoms with van der Waals surface area (Å²) in [5.41, 5.74) is -0.295. The highest BCUT2D eigenvalue weighted by Gasteiger charge is 2.27. The lowest BCUT2D eigenvalue weighted by atomic mass is 9.87. The van der Waals surface area contributed by atoms with Gasteiger partial charge in [-0.1, -0.05) is 137 Å². The number of hydrogen-bond donors (Lipinski definition) is 0. The second-order valence-corrected chi connectivity index (χ2v) is 11.0. The van der Waals surface area contributed by atoms with Crippen molar-refractivity contribution < 1.29 is 19.1 Å². The minimum absolute atomic E-state index is 0.115. The molecule has 4 heteroatoms. The molecule has 0 radical (unpaired) electrons. The second-order valence-electron chi connectivity index (χ2n) is 11.0. The van der Waals surface area contributed by atoms with Gasteiger partial charge in [-0.05, 0) is 19.3 Å². The minimum atomic E-state index is -0.295. The zero-order valence-electron chi connectivity index (χ0n) is 24.1. The van der Waals surface area contributed by atoms with Gasteiger partial charge >= 0.3 is 11.9 Å². The normalized spacial score (nSPS) is 11.5. The molecule has 208 valence electrons. The lowest BCUT2D eigenvalue weighted by Crippen LogP contribution is -2.31. The van der Waals surface area contributed by atoms with Crippen molar-refractivity contribution in [1.29, 1.82) is 0 Å². The van der Waals surface area contributed by atoms with Crippen LogP contribution in [-0.2, 0) is 19.1 Å². The molecular formula is C31H60O4. The smallest absolute Gasteiger partial charge is 0.305 e. The SMILES string of the molecule is CCCCCCCCCCCC(=O)OCC(C)(CCC)COC(=O)CCCCCCCCCCC. The van der Waals surface area contributed by atoms with Crippen LogP contribution >= 0.6 is 0 Å². The van der Waals surface area contributed by atoms with Crippen molar-refractivity contribution in [1.82, 2.24) is 0 Å². The van der Waals surface area contributed by atoms with Gasteiger partial charge in [0.1, 0.15) is 0 Å². The highest BCUT2D eigenvalue weighted by molar-refractivity contribution is 5.69. The molecule has 0 bridgehead atoms. The highest BCUT2D eigenvalue weighted by Crippen LogP contribution is 2.25. The molecule has 0 aliphatic rings. The number of unbranched alkanes of at least 4 members (excludes halogenated alkanes) is 16. The Balaban J connectivity index is 3.89. The fraction of sp³-hybridized carbons (Fsp3) is 0.935. The Morgan fingerprint density at radius 3 is 1.11 bits per heavy atom. The van der Waals surface area contributed by atoms with Gasteiger partial charge in [0.05, 0.1) is 13.2 Å². The van der Waals surface area contributed by atoms with Crippen LogP contribution in [0.1, 0.15) is 169 Å². The van der Waals surface area contributed by atoms with Gasteiger partial charge < -0.3 is 9.47 Å². The molecule has 0 amide bonds. The molecule has 0 fully saturated rings. The maximum absolute atomic E-state index is 12.2. The van der Waals surface area contributed by atoms with Crippen molar-refractivity contribution >= 4 is 11.9 Å². The molecule has 0 unspecified atom stereocenters. The van der Waals surface area contributed by atoms with Crippen molar-refractivity contribution in [3.63, 3.8) is 0 Å². The fourth-order valence-electron chi connectivity index (χ4n) is 4.60. The van der Waals surface area contributed by atoms with E-state index in [1.54, 1.807) is 0 Å². The van der Waals surface area contributed by atoms with Crippen LogP contribution in [0.2, 0.25) is 0 Å². The van der Waals surface area contributed by atoms with Gasteiger partial charge in [0, 0.05) is 18.3 Å². The molecule has 0 rings (SSSR count). The van der Waals surface area contributed by atoms with Crippen molar-refractivity contribution in [2.75, 3.05) is 13.2 Å². The average molecular weight is 497 g/mol. The largest absolute Gasteiger partial charge is 0.465 e. The lowest BCUT2D eigenvalue weighted by Gasteiger charge is -2.28. The Morgan fingerprint density at radius 1 is 0.486 bits per heavy atom. The maximum Gasteiger partial charge on any atom is 0.305 e. The van der Waals surface area contributed by atoms with E-state index >= 15 is 0 Å². The molecule has 0 saturated heterocycles. The van der Waals surface area contributed by atoms with Gasteiger partial charge in [-0.15, -0.1) is 0 Å². The molecular weight excluding hydrogens is 436 g/mol. The van der Waals surface area contributed by atoms with Crippen LogP contribution < -0.4 is 0 Å². The van der Waals surface area contributed by atoms with E-state index in [0.29, 0.717) is 26.1 Å². The minimum Gasteiger partial charge on any atom is -0.465 e. The molecule has 0 heterocycles. The van der Waals surface area contributed by atoms with Crippen LogP contribution in [0.3, 0.4) is 0 Å². The van der Waals surface area contributed by atoms with E-state index in [4.69, 9.17) is 9.47 Å². The fourth-order valence-corrected chi connectivity index (χ4v) is 4.60. The first-order chi connectivity index (χ1) is 17.0. The molecule has 0 saturated carbocycles. The standard InChI is InChI=1S/C31H60O4/c1-5-8-10-12-14-16-18-20-22-24-29(32)34-27-31(4,26-7-3)28-35-30(33)25-23-21-19-17-15-13-11-9-6-2/h5-28H2,1-4H3. The molecule has 0 spiro atoms. The Kier molecular flexibility index (Phi) is 23.9. The molecule has 0 aliphatic carbocycles. The predicted molar refractivity (Wildman–Crippen MR) is 149 cm³/mol. The number of carbonyl (C=O) groups is 2. The second kappa shape index (κ2) is 24.6. The summed E-state index contributed by atoms with van der Waals surface area (Å²) in [6.45, 7) is 9.34. The first kappa shape index (κ1) is 33.9. The van der Waals surface area contributed by atoms with Crippen LogP contribution in [0, 0.1) is 5.41 Å². The van der Waals surface area contributed by atoms with Crippen molar-refractivity contribution in [2.45, 2.75) is 169 Å². The van der Waals surface area contributed by atoms with Gasteiger partial charge in [-0.2, -0.15) is 0 Å². The third kappa shape index (κ3) is 23.1. The topological polar surface area (TPSA) is 52.6 Å². The molecule has 35 heavy (non-hydrogen) atoms. The summed E-state index contributed by atoms with van der Waals surface area (Å²) in [6, 6.07) is 0. The van der Waals surface area contributed by atoms with Crippen LogP contribution in [0.25, 0.3) is 0 Å². The average Bonchev–Trinajstić information content (AvgIpc) is 2.84. The van der Waals surface area contributed by atoms with Crippen molar-refractivity contribution in [2.24, 2.45) is 5.41 Å². The van der Waals surface area contributed by atoms with Gasteiger partial charge in [-0.3, -0.25) is 9.59 Å². The third-order valence-electron chi connectivity index (χ3n) is 6.99. The zero-order valence-corrected chi connectivity index (χ0v) is 24.1. The van der Waals surface area contributed by atoms with Crippen LogP contribution in [0.5, 0.6) is 0 Å². The van der Waals surface area contributed by atoms with Crippen molar-refractivity contribution in [3.8, 4) is 0 Å². The Morgan fingerprint density at radius 2 is 0.800 bits per heavy atom. The van der Waals surface area contributed by atoms with Gasteiger partial charge in [-0.25, -0.2) is 0 Å². The van der Waals surface area contributed by atoms with Crippen LogP contribution in [0.15, 0.2) is 0 Å². The highest BCUT2D eigenvalue weighted by atomic mass is 16.5. The number of hydrogen-bond acceptors (Lipinski definition) is 4. The van der Waals surface area contributed by atoms with Gasteiger partial charge in [0.15, 0.2) is 0 Å². The quantitative estimate of drug-likeness (QED) is 0.0883. The molecule has 0 aromatic heterocycles. The Bertz CT molecular complexity index is 450. The summed E-state index contributed by atoms with van der Waals surface area (Å²) >= 11 is 0. The lowest BCUT2D eigenvalue weighted by molar-refractivity contribution is -0.153. The van der Waals surface area contributed by atoms with E-state index in [0.717, 1.165) is 38.5 Å². The molecule has 0 aliphatic heterocycles. The van der Waals surface area contributed by atoms with E-state index in [9.17, 15) is 9.59 Å². The molecule has 0 N–H and O–H groups in total.